The third-order valence-electron chi connectivity index (χ3n) is 3.39. The molecule has 1 heterocycles. The monoisotopic (exact) mass is 356 g/mol. The number of benzene rings is 2. The molecular weight excluding hydrogens is 343 g/mol. The lowest BCUT2D eigenvalue weighted by Gasteiger charge is -2.07. The maximum absolute atomic E-state index is 13.6. The first kappa shape index (κ1) is 16.9. The number of nitrogens with zero attached hydrogens (tertiary/aromatic N) is 2. The van der Waals surface area contributed by atoms with Crippen molar-refractivity contribution < 1.29 is 9.18 Å². The van der Waals surface area contributed by atoms with Crippen molar-refractivity contribution in [3.63, 3.8) is 0 Å². The predicted octanol–water partition coefficient (Wildman–Crippen LogP) is 3.94. The number of anilines is 2. The highest BCUT2D eigenvalue weighted by molar-refractivity contribution is 6.30. The SMILES string of the molecule is O=C(NCc1ccc(Cl)cc1)c1cnc(Nc2ccccc2F)cn1. The van der Waals surface area contributed by atoms with Crippen molar-refractivity contribution >= 4 is 29.0 Å². The highest BCUT2D eigenvalue weighted by Crippen LogP contribution is 2.17. The van der Waals surface area contributed by atoms with Crippen LogP contribution in [0.1, 0.15) is 16.1 Å². The summed E-state index contributed by atoms with van der Waals surface area (Å²) in [6, 6.07) is 13.4. The van der Waals surface area contributed by atoms with E-state index in [0.29, 0.717) is 17.4 Å². The Morgan fingerprint density at radius 3 is 2.48 bits per heavy atom. The minimum absolute atomic E-state index is 0.174. The molecule has 0 bridgehead atoms. The van der Waals surface area contributed by atoms with E-state index in [1.54, 1.807) is 30.3 Å². The van der Waals surface area contributed by atoms with Crippen LogP contribution in [0.2, 0.25) is 5.02 Å². The fraction of sp³-hybridized carbons (Fsp3) is 0.0556. The fourth-order valence-electron chi connectivity index (χ4n) is 2.09. The van der Waals surface area contributed by atoms with E-state index in [9.17, 15) is 9.18 Å². The summed E-state index contributed by atoms with van der Waals surface area (Å²) in [5.74, 6) is -0.395. The standard InChI is InChI=1S/C18H14ClFN4O/c19-13-7-5-12(6-8-13)9-23-18(25)16-10-22-17(11-21-16)24-15-4-2-1-3-14(15)20/h1-8,10-11H,9H2,(H,22,24)(H,23,25). The number of halogens is 2. The molecule has 1 amide bonds. The zero-order valence-corrected chi connectivity index (χ0v) is 13.8. The van der Waals surface area contributed by atoms with E-state index < -0.39 is 5.82 Å². The van der Waals surface area contributed by atoms with Gasteiger partial charge in [-0.25, -0.2) is 14.4 Å². The molecule has 2 aromatic carbocycles. The van der Waals surface area contributed by atoms with E-state index in [4.69, 9.17) is 11.6 Å². The van der Waals surface area contributed by atoms with Crippen molar-refractivity contribution in [3.8, 4) is 0 Å². The normalized spacial score (nSPS) is 10.3. The third-order valence-corrected chi connectivity index (χ3v) is 3.64. The van der Waals surface area contributed by atoms with Crippen LogP contribution in [0.3, 0.4) is 0 Å². The molecule has 0 aliphatic rings. The van der Waals surface area contributed by atoms with Gasteiger partial charge >= 0.3 is 0 Å². The van der Waals surface area contributed by atoms with Gasteiger partial charge in [0.2, 0.25) is 0 Å². The summed E-state index contributed by atoms with van der Waals surface area (Å²) in [5, 5.41) is 6.19. The van der Waals surface area contributed by atoms with Crippen molar-refractivity contribution in [1.82, 2.24) is 15.3 Å². The lowest BCUT2D eigenvalue weighted by Crippen LogP contribution is -2.24. The molecule has 0 radical (unpaired) electrons. The van der Waals surface area contributed by atoms with Crippen LogP contribution in [0.4, 0.5) is 15.9 Å². The predicted molar refractivity (Wildman–Crippen MR) is 94.3 cm³/mol. The summed E-state index contributed by atoms with van der Waals surface area (Å²) in [7, 11) is 0. The third kappa shape index (κ3) is 4.51. The number of nitrogens with one attached hydrogen (secondary N) is 2. The van der Waals surface area contributed by atoms with Gasteiger partial charge in [0.15, 0.2) is 0 Å². The molecule has 0 fully saturated rings. The smallest absolute Gasteiger partial charge is 0.271 e. The first-order valence-electron chi connectivity index (χ1n) is 7.48. The molecule has 126 valence electrons. The molecule has 3 aromatic rings. The minimum atomic E-state index is -0.394. The topological polar surface area (TPSA) is 66.9 Å². The Kier molecular flexibility index (Phi) is 5.20. The average Bonchev–Trinajstić information content (AvgIpc) is 2.63. The zero-order valence-electron chi connectivity index (χ0n) is 13.0. The molecule has 25 heavy (non-hydrogen) atoms. The summed E-state index contributed by atoms with van der Waals surface area (Å²) in [6.07, 6.45) is 2.71. The van der Waals surface area contributed by atoms with Gasteiger partial charge in [-0.2, -0.15) is 0 Å². The highest BCUT2D eigenvalue weighted by atomic mass is 35.5. The Morgan fingerprint density at radius 1 is 1.04 bits per heavy atom. The summed E-state index contributed by atoms with van der Waals surface area (Å²) >= 11 is 5.82. The molecule has 2 N–H and O–H groups in total. The Labute approximate surface area is 148 Å². The number of amides is 1. The van der Waals surface area contributed by atoms with Crippen LogP contribution >= 0.6 is 11.6 Å². The number of hydrogen-bond acceptors (Lipinski definition) is 4. The van der Waals surface area contributed by atoms with Crippen molar-refractivity contribution in [2.45, 2.75) is 6.54 Å². The van der Waals surface area contributed by atoms with Crippen LogP contribution in [-0.2, 0) is 6.54 Å². The maximum atomic E-state index is 13.6. The number of para-hydroxylation sites is 1. The van der Waals surface area contributed by atoms with Gasteiger partial charge in [0.1, 0.15) is 17.3 Å². The van der Waals surface area contributed by atoms with Crippen LogP contribution < -0.4 is 10.6 Å². The molecule has 0 saturated carbocycles. The van der Waals surface area contributed by atoms with Crippen LogP contribution in [0.5, 0.6) is 0 Å². The van der Waals surface area contributed by atoms with E-state index in [1.165, 1.54) is 18.5 Å². The molecule has 0 saturated heterocycles. The largest absolute Gasteiger partial charge is 0.347 e. The summed E-state index contributed by atoms with van der Waals surface area (Å²) in [5.41, 5.74) is 1.38. The van der Waals surface area contributed by atoms with Gasteiger partial charge in [-0.3, -0.25) is 4.79 Å². The Hall–Kier alpha value is -2.99. The Balaban J connectivity index is 1.60. The quantitative estimate of drug-likeness (QED) is 0.726. The van der Waals surface area contributed by atoms with Crippen LogP contribution in [0, 0.1) is 5.82 Å². The average molecular weight is 357 g/mol. The molecule has 3 rings (SSSR count). The zero-order chi connectivity index (χ0) is 17.6. The van der Waals surface area contributed by atoms with Crippen LogP contribution in [-0.4, -0.2) is 15.9 Å². The lowest BCUT2D eigenvalue weighted by atomic mass is 10.2. The maximum Gasteiger partial charge on any atom is 0.271 e. The molecule has 7 heteroatoms. The number of aromatic nitrogens is 2. The second kappa shape index (κ2) is 7.72. The number of hydrogen-bond donors (Lipinski definition) is 2. The molecule has 0 atom stereocenters. The van der Waals surface area contributed by atoms with Crippen molar-refractivity contribution in [1.29, 1.82) is 0 Å². The lowest BCUT2D eigenvalue weighted by molar-refractivity contribution is 0.0945. The summed E-state index contributed by atoms with van der Waals surface area (Å²) < 4.78 is 13.6. The Morgan fingerprint density at radius 2 is 1.80 bits per heavy atom. The number of carbonyl (C=O) groups excluding carboxylic acids is 1. The molecule has 0 spiro atoms. The van der Waals surface area contributed by atoms with Crippen molar-refractivity contribution in [2.75, 3.05) is 5.32 Å². The van der Waals surface area contributed by atoms with E-state index in [-0.39, 0.29) is 17.3 Å². The van der Waals surface area contributed by atoms with Gasteiger partial charge in [0.05, 0.1) is 18.1 Å². The van der Waals surface area contributed by atoms with Gasteiger partial charge in [-0.1, -0.05) is 35.9 Å². The van der Waals surface area contributed by atoms with Gasteiger partial charge in [-0.15, -0.1) is 0 Å². The molecule has 0 aliphatic carbocycles. The Bertz CT molecular complexity index is 869. The summed E-state index contributed by atoms with van der Waals surface area (Å²) in [4.78, 5) is 20.2. The molecule has 0 aliphatic heterocycles. The van der Waals surface area contributed by atoms with E-state index in [1.807, 2.05) is 12.1 Å². The van der Waals surface area contributed by atoms with Gasteiger partial charge in [0, 0.05) is 11.6 Å². The fourth-order valence-corrected chi connectivity index (χ4v) is 2.21. The van der Waals surface area contributed by atoms with E-state index in [0.717, 1.165) is 5.56 Å². The van der Waals surface area contributed by atoms with Crippen molar-refractivity contribution in [3.05, 3.63) is 83.0 Å². The number of rotatable bonds is 5. The van der Waals surface area contributed by atoms with E-state index >= 15 is 0 Å². The highest BCUT2D eigenvalue weighted by Gasteiger charge is 2.09. The van der Waals surface area contributed by atoms with Crippen molar-refractivity contribution in [2.24, 2.45) is 0 Å². The second-order valence-corrected chi connectivity index (χ2v) is 5.64. The first-order valence-corrected chi connectivity index (χ1v) is 7.86. The molecule has 1 aromatic heterocycles. The minimum Gasteiger partial charge on any atom is -0.347 e. The van der Waals surface area contributed by atoms with Crippen LogP contribution in [0.25, 0.3) is 0 Å². The van der Waals surface area contributed by atoms with E-state index in [2.05, 4.69) is 20.6 Å². The van der Waals surface area contributed by atoms with Gasteiger partial charge in [0.25, 0.3) is 5.91 Å². The number of carbonyl (C=O) groups is 1. The molecule has 5 nitrogen and oxygen atoms in total. The second-order valence-electron chi connectivity index (χ2n) is 5.20. The molecule has 0 unspecified atom stereocenters. The first-order chi connectivity index (χ1) is 12.1. The molecular formula is C18H14ClFN4O. The van der Waals surface area contributed by atoms with Gasteiger partial charge in [-0.05, 0) is 29.8 Å². The van der Waals surface area contributed by atoms with Crippen LogP contribution in [0.15, 0.2) is 60.9 Å². The van der Waals surface area contributed by atoms with Gasteiger partial charge < -0.3 is 10.6 Å². The summed E-state index contributed by atoms with van der Waals surface area (Å²) in [6.45, 7) is 0.354.